The molecule has 0 fully saturated rings. The number of fused-ring (bicyclic) bond motifs is 9. The number of rotatable bonds is 5. The minimum atomic E-state index is 0.555. The van der Waals surface area contributed by atoms with Gasteiger partial charge in [0.05, 0.1) is 22.3 Å². The van der Waals surface area contributed by atoms with Gasteiger partial charge in [0.15, 0.2) is 23.1 Å². The van der Waals surface area contributed by atoms with Gasteiger partial charge in [-0.05, 0) is 53.6 Å². The quantitative estimate of drug-likeness (QED) is 0.176. The molecule has 6 nitrogen and oxygen atoms in total. The van der Waals surface area contributed by atoms with Gasteiger partial charge in [0.2, 0.25) is 0 Å². The number of aromatic nitrogens is 4. The fraction of sp³-hybridized carbons (Fsp3) is 0. The first-order valence-corrected chi connectivity index (χ1v) is 19.0. The van der Waals surface area contributed by atoms with Crippen molar-refractivity contribution < 1.29 is 8.83 Å². The van der Waals surface area contributed by atoms with Gasteiger partial charge >= 0.3 is 0 Å². The molecule has 0 unspecified atom stereocenters. The smallest absolute Gasteiger partial charge is 0.167 e. The van der Waals surface area contributed by atoms with Crippen LogP contribution in [0.25, 0.3) is 117 Å². The standard InChI is InChI=1S/C51H30N4O2/c1-3-14-31(15-4-1)49-52-50(32-16-5-2-6-17-32)54-51(53-49)39-23-11-22-38-46-34(20-13-27-45(46)57-47(38)39)33-28-29-44-40(30-33)37-21-12-26-43(48(37)56-44)55-41-24-9-7-18-35(41)36-19-8-10-25-42(36)55/h1-30H. The largest absolute Gasteiger partial charge is 0.455 e. The van der Waals surface area contributed by atoms with Crippen LogP contribution in [0.1, 0.15) is 0 Å². The Morgan fingerprint density at radius 2 is 0.912 bits per heavy atom. The molecule has 0 N–H and O–H groups in total. The van der Waals surface area contributed by atoms with Crippen LogP contribution in [-0.4, -0.2) is 19.5 Å². The molecular weight excluding hydrogens is 701 g/mol. The number of furan rings is 2. The summed E-state index contributed by atoms with van der Waals surface area (Å²) in [5.74, 6) is 1.77. The first kappa shape index (κ1) is 31.5. The molecule has 8 aromatic carbocycles. The van der Waals surface area contributed by atoms with Crippen molar-refractivity contribution in [2.75, 3.05) is 0 Å². The molecule has 0 aliphatic rings. The van der Waals surface area contributed by atoms with Crippen LogP contribution in [0.15, 0.2) is 191 Å². The maximum atomic E-state index is 6.74. The fourth-order valence-corrected chi connectivity index (χ4v) is 8.50. The number of benzene rings is 8. The van der Waals surface area contributed by atoms with Crippen LogP contribution in [0.3, 0.4) is 0 Å². The molecule has 4 heterocycles. The normalized spacial score (nSPS) is 11.9. The third kappa shape index (κ3) is 4.87. The number of hydrogen-bond acceptors (Lipinski definition) is 5. The van der Waals surface area contributed by atoms with Gasteiger partial charge in [-0.15, -0.1) is 0 Å². The second kappa shape index (κ2) is 12.3. The molecule has 0 saturated heterocycles. The molecule has 0 atom stereocenters. The SMILES string of the molecule is c1ccc(-c2nc(-c3ccccc3)nc(-c3cccc4c3oc3cccc(-c5ccc6oc7c(-n8c9ccccc9c9ccccc98)cccc7c6c5)c34)n2)cc1. The van der Waals surface area contributed by atoms with E-state index in [1.165, 1.54) is 10.8 Å². The lowest BCUT2D eigenvalue weighted by Crippen LogP contribution is -2.00. The molecule has 266 valence electrons. The van der Waals surface area contributed by atoms with Gasteiger partial charge in [-0.25, -0.2) is 15.0 Å². The zero-order valence-corrected chi connectivity index (χ0v) is 30.4. The monoisotopic (exact) mass is 730 g/mol. The molecular formula is C51H30N4O2. The van der Waals surface area contributed by atoms with Crippen molar-refractivity contribution >= 4 is 65.7 Å². The molecule has 0 radical (unpaired) electrons. The lowest BCUT2D eigenvalue weighted by atomic mass is 9.97. The van der Waals surface area contributed by atoms with Gasteiger partial charge in [-0.1, -0.05) is 140 Å². The first-order valence-electron chi connectivity index (χ1n) is 19.0. The Labute approximate surface area is 325 Å². The summed E-state index contributed by atoms with van der Waals surface area (Å²) >= 11 is 0. The predicted octanol–water partition coefficient (Wildman–Crippen LogP) is 13.4. The zero-order valence-electron chi connectivity index (χ0n) is 30.4. The van der Waals surface area contributed by atoms with Gasteiger partial charge in [-0.2, -0.15) is 0 Å². The van der Waals surface area contributed by atoms with E-state index in [2.05, 4.69) is 114 Å². The molecule has 0 bridgehead atoms. The number of para-hydroxylation sites is 4. The summed E-state index contributed by atoms with van der Waals surface area (Å²) in [5, 5.41) is 6.59. The Balaban J connectivity index is 1.03. The molecule has 0 aliphatic carbocycles. The van der Waals surface area contributed by atoms with Crippen LogP contribution in [0, 0.1) is 0 Å². The summed E-state index contributed by atoms with van der Waals surface area (Å²) in [4.78, 5) is 14.9. The highest BCUT2D eigenvalue weighted by atomic mass is 16.3. The molecule has 0 spiro atoms. The highest BCUT2D eigenvalue weighted by molar-refractivity contribution is 6.17. The average molecular weight is 731 g/mol. The highest BCUT2D eigenvalue weighted by Crippen LogP contribution is 2.43. The molecule has 4 aromatic heterocycles. The maximum absolute atomic E-state index is 6.74. The summed E-state index contributed by atoms with van der Waals surface area (Å²) in [6.45, 7) is 0. The van der Waals surface area contributed by atoms with Crippen LogP contribution < -0.4 is 0 Å². The van der Waals surface area contributed by atoms with Crippen molar-refractivity contribution in [3.05, 3.63) is 182 Å². The van der Waals surface area contributed by atoms with Crippen molar-refractivity contribution in [2.24, 2.45) is 0 Å². The fourth-order valence-electron chi connectivity index (χ4n) is 8.50. The van der Waals surface area contributed by atoms with E-state index in [4.69, 9.17) is 23.8 Å². The van der Waals surface area contributed by atoms with Crippen molar-refractivity contribution in [2.45, 2.75) is 0 Å². The Kier molecular flexibility index (Phi) is 6.83. The molecule has 12 rings (SSSR count). The Morgan fingerprint density at radius 3 is 1.63 bits per heavy atom. The van der Waals surface area contributed by atoms with E-state index in [-0.39, 0.29) is 0 Å². The van der Waals surface area contributed by atoms with Crippen molar-refractivity contribution in [1.82, 2.24) is 19.5 Å². The summed E-state index contributed by atoms with van der Waals surface area (Å²) in [7, 11) is 0. The lowest BCUT2D eigenvalue weighted by Gasteiger charge is -2.08. The summed E-state index contributed by atoms with van der Waals surface area (Å²) in [6.07, 6.45) is 0. The molecule has 0 saturated carbocycles. The molecule has 0 aliphatic heterocycles. The first-order chi connectivity index (χ1) is 28.3. The second-order valence-corrected chi connectivity index (χ2v) is 14.3. The van der Waals surface area contributed by atoms with Crippen LogP contribution in [0.5, 0.6) is 0 Å². The third-order valence-corrected chi connectivity index (χ3v) is 11.1. The van der Waals surface area contributed by atoms with Crippen LogP contribution >= 0.6 is 0 Å². The predicted molar refractivity (Wildman–Crippen MR) is 230 cm³/mol. The zero-order chi connectivity index (χ0) is 37.5. The van der Waals surface area contributed by atoms with Crippen molar-refractivity contribution in [1.29, 1.82) is 0 Å². The van der Waals surface area contributed by atoms with Gasteiger partial charge in [0.1, 0.15) is 16.7 Å². The van der Waals surface area contributed by atoms with Crippen LogP contribution in [-0.2, 0) is 0 Å². The Hall–Kier alpha value is -7.83. The number of nitrogens with zero attached hydrogens (tertiary/aromatic N) is 4. The summed E-state index contributed by atoms with van der Waals surface area (Å²) < 4.78 is 15.8. The van der Waals surface area contributed by atoms with E-state index in [9.17, 15) is 0 Å². The van der Waals surface area contributed by atoms with Gasteiger partial charge in [0.25, 0.3) is 0 Å². The molecule has 0 amide bonds. The van der Waals surface area contributed by atoms with Gasteiger partial charge in [-0.3, -0.25) is 0 Å². The minimum absolute atomic E-state index is 0.555. The van der Waals surface area contributed by atoms with Gasteiger partial charge in [0, 0.05) is 43.4 Å². The van der Waals surface area contributed by atoms with E-state index in [1.54, 1.807) is 0 Å². The van der Waals surface area contributed by atoms with Gasteiger partial charge < -0.3 is 13.4 Å². The topological polar surface area (TPSA) is 69.9 Å². The van der Waals surface area contributed by atoms with E-state index in [0.717, 1.165) is 88.4 Å². The van der Waals surface area contributed by atoms with E-state index < -0.39 is 0 Å². The van der Waals surface area contributed by atoms with Crippen LogP contribution in [0.2, 0.25) is 0 Å². The van der Waals surface area contributed by atoms with Crippen molar-refractivity contribution in [3.8, 4) is 51.0 Å². The summed E-state index contributed by atoms with van der Waals surface area (Å²) in [5.41, 5.74) is 11.3. The van der Waals surface area contributed by atoms with Crippen LogP contribution in [0.4, 0.5) is 0 Å². The minimum Gasteiger partial charge on any atom is -0.455 e. The molecule has 6 heteroatoms. The second-order valence-electron chi connectivity index (χ2n) is 14.3. The lowest BCUT2D eigenvalue weighted by molar-refractivity contribution is 0.666. The van der Waals surface area contributed by atoms with E-state index >= 15 is 0 Å². The Bertz CT molecular complexity index is 3410. The highest BCUT2D eigenvalue weighted by Gasteiger charge is 2.21. The van der Waals surface area contributed by atoms with Crippen molar-refractivity contribution in [3.63, 3.8) is 0 Å². The van der Waals surface area contributed by atoms with E-state index in [0.29, 0.717) is 17.5 Å². The van der Waals surface area contributed by atoms with E-state index in [1.807, 2.05) is 72.8 Å². The maximum Gasteiger partial charge on any atom is 0.167 e. The third-order valence-electron chi connectivity index (χ3n) is 11.1. The molecule has 12 aromatic rings. The molecule has 57 heavy (non-hydrogen) atoms. The number of hydrogen-bond donors (Lipinski definition) is 0. The Morgan fingerprint density at radius 1 is 0.351 bits per heavy atom. The average Bonchev–Trinajstić information content (AvgIpc) is 3.96. The summed E-state index contributed by atoms with van der Waals surface area (Å²) in [6, 6.07) is 62.6.